The smallest absolute Gasteiger partial charge is 0.239 e. The van der Waals surface area contributed by atoms with Gasteiger partial charge >= 0.3 is 0 Å². The van der Waals surface area contributed by atoms with Crippen molar-refractivity contribution in [1.82, 2.24) is 63.8 Å². The number of hydrogen-bond acceptors (Lipinski definition) is 14. The lowest BCUT2D eigenvalue weighted by Gasteiger charge is -2.27. The third-order valence-corrected chi connectivity index (χ3v) is 30.4. The number of anilines is 5. The number of benzene rings is 8. The molecule has 0 bridgehead atoms. The third kappa shape index (κ3) is 16.3. The third-order valence-electron chi connectivity index (χ3n) is 30.4. The minimum Gasteiger partial charge on any atom is -0.341 e. The highest BCUT2D eigenvalue weighted by molar-refractivity contribution is 6.12. The van der Waals surface area contributed by atoms with Crippen molar-refractivity contribution >= 4 is 58.2 Å². The van der Waals surface area contributed by atoms with E-state index in [0.29, 0.717) is 85.9 Å². The van der Waals surface area contributed by atoms with E-state index in [9.17, 15) is 28.4 Å². The van der Waals surface area contributed by atoms with Gasteiger partial charge in [-0.25, -0.2) is 27.5 Å². The molecule has 135 heavy (non-hydrogen) atoms. The van der Waals surface area contributed by atoms with Gasteiger partial charge in [-0.2, -0.15) is 20.4 Å². The summed E-state index contributed by atoms with van der Waals surface area (Å²) in [5, 5.41) is 16.8. The van der Waals surface area contributed by atoms with Gasteiger partial charge in [0.05, 0.1) is 72.6 Å². The molecule has 13 heterocycles. The zero-order chi connectivity index (χ0) is 92.6. The second-order valence-electron chi connectivity index (χ2n) is 38.7. The van der Waals surface area contributed by atoms with E-state index in [1.165, 1.54) is 63.5 Å². The average molecular weight is 1820 g/mol. The number of halogens is 4. The van der Waals surface area contributed by atoms with Crippen molar-refractivity contribution in [3.63, 3.8) is 0 Å². The summed E-state index contributed by atoms with van der Waals surface area (Å²) >= 11 is 0. The maximum absolute atomic E-state index is 15.3. The Morgan fingerprint density at radius 2 is 0.778 bits per heavy atom. The van der Waals surface area contributed by atoms with Crippen LogP contribution in [0.15, 0.2) is 238 Å². The van der Waals surface area contributed by atoms with Crippen molar-refractivity contribution < 1.29 is 41.5 Å². The van der Waals surface area contributed by atoms with E-state index < -0.39 is 21.7 Å². The van der Waals surface area contributed by atoms with Gasteiger partial charge in [-0.1, -0.05) is 154 Å². The van der Waals surface area contributed by atoms with E-state index in [1.807, 2.05) is 174 Å². The Morgan fingerprint density at radius 3 is 1.19 bits per heavy atom. The molecule has 5 amide bonds. The van der Waals surface area contributed by atoms with Crippen LogP contribution in [0.4, 0.5) is 46.3 Å². The highest BCUT2D eigenvalue weighted by Crippen LogP contribution is 2.54. The van der Waals surface area contributed by atoms with E-state index in [0.717, 1.165) is 154 Å². The SMILES string of the molecule is CCCn1cc(-c2ccc(CN3C(=O)C4(CCN(C5CCCC5)C4)c4ccccc43)c(F)c2)cn1.Cn1cc(-c2ccc(CN3C(=O)C4(CCN(C(=O)C5CC5)C4)c4ccccc43)c(F)c2)cn1.Cn1cc(-c2ccc(CN3C(=O)C4(CCN(C5CCCC5)C4)c4ccccc43)cc2F)cn1.Cn1cc(-c2ccc(CN3C(=O)C4(CCN(c5ncccn5)C4)c4ccccc43)c(F)c2)cn1. The lowest BCUT2D eigenvalue weighted by atomic mass is 9.81. The maximum Gasteiger partial charge on any atom is 0.239 e. The average Bonchev–Trinajstić information content (AvgIpc) is 1.59. The number of likely N-dealkylation sites (tertiary alicyclic amines) is 3. The number of amides is 5. The molecule has 0 radical (unpaired) electrons. The van der Waals surface area contributed by atoms with Crippen molar-refractivity contribution in [3.8, 4) is 44.5 Å². The first-order chi connectivity index (χ1) is 65.6. The molecule has 3 aliphatic carbocycles. The Hall–Kier alpha value is -13.5. The molecule has 8 aliphatic heterocycles. The summed E-state index contributed by atoms with van der Waals surface area (Å²) in [6.45, 7) is 9.66. The predicted octanol–water partition coefficient (Wildman–Crippen LogP) is 17.6. The molecule has 3 saturated carbocycles. The minimum atomic E-state index is -0.729. The minimum absolute atomic E-state index is 0.00265. The van der Waals surface area contributed by atoms with Gasteiger partial charge in [-0.05, 0) is 183 Å². The highest BCUT2D eigenvalue weighted by atomic mass is 19.1. The normalized spacial score (nSPS) is 21.7. The molecule has 7 fully saturated rings. The van der Waals surface area contributed by atoms with Crippen LogP contribution in [0.3, 0.4) is 0 Å². The molecule has 5 aromatic heterocycles. The summed E-state index contributed by atoms with van der Waals surface area (Å²) in [7, 11) is 5.47. The summed E-state index contributed by atoms with van der Waals surface area (Å²) in [5.74, 6) is -0.0571. The molecule has 24 rings (SSSR count). The Labute approximate surface area is 783 Å². The lowest BCUT2D eigenvalue weighted by Crippen LogP contribution is -2.43. The second-order valence-corrected chi connectivity index (χ2v) is 38.7. The van der Waals surface area contributed by atoms with Crippen LogP contribution >= 0.6 is 0 Å². The van der Waals surface area contributed by atoms with Gasteiger partial charge in [0, 0.05) is 189 Å². The van der Waals surface area contributed by atoms with Gasteiger partial charge in [0.2, 0.25) is 35.5 Å². The number of hydrogen-bond donors (Lipinski definition) is 0. The largest absolute Gasteiger partial charge is 0.341 e. The first kappa shape index (κ1) is 88.1. The molecule has 4 atom stereocenters. The van der Waals surface area contributed by atoms with Crippen LogP contribution in [-0.4, -0.2) is 158 Å². The predicted molar refractivity (Wildman–Crippen MR) is 511 cm³/mol. The van der Waals surface area contributed by atoms with Crippen LogP contribution in [-0.2, 0) is 99.5 Å². The van der Waals surface area contributed by atoms with Crippen LogP contribution in [0.25, 0.3) is 44.5 Å². The second kappa shape index (κ2) is 36.0. The molecule has 4 spiro atoms. The Bertz CT molecular complexity index is 6710. The monoisotopic (exact) mass is 1810 g/mol. The van der Waals surface area contributed by atoms with Gasteiger partial charge < -0.3 is 29.4 Å². The number of carbonyl (C=O) groups is 5. The Balaban J connectivity index is 0.000000108. The van der Waals surface area contributed by atoms with Crippen LogP contribution in [0, 0.1) is 29.2 Å². The summed E-state index contributed by atoms with van der Waals surface area (Å²) in [6.07, 6.45) is 33.8. The number of aryl methyl sites for hydroxylation is 4. The number of aromatic nitrogens is 10. The van der Waals surface area contributed by atoms with Crippen molar-refractivity contribution in [1.29, 1.82) is 0 Å². The topological polar surface area (TPSA) is 208 Å². The summed E-state index contributed by atoms with van der Waals surface area (Å²) in [6, 6.07) is 55.8. The van der Waals surface area contributed by atoms with Crippen molar-refractivity contribution in [2.75, 3.05) is 76.9 Å². The maximum atomic E-state index is 15.3. The van der Waals surface area contributed by atoms with Crippen LogP contribution in [0.1, 0.15) is 148 Å². The Kier molecular flexibility index (Phi) is 23.5. The number of rotatable bonds is 18. The fraction of sp³-hybridized carbons (Fsp3) is 0.361. The fourth-order valence-electron chi connectivity index (χ4n) is 23.2. The lowest BCUT2D eigenvalue weighted by molar-refractivity contribution is -0.132. The quantitative estimate of drug-likeness (QED) is 0.0732. The van der Waals surface area contributed by atoms with Gasteiger partial charge in [-0.3, -0.25) is 52.5 Å². The van der Waals surface area contributed by atoms with Crippen LogP contribution in [0.2, 0.25) is 0 Å². The van der Waals surface area contributed by atoms with Crippen LogP contribution < -0.4 is 24.5 Å². The first-order valence-electron chi connectivity index (χ1n) is 47.7. The van der Waals surface area contributed by atoms with E-state index in [4.69, 9.17) is 0 Å². The standard InChI is InChI=1S/C29H33FN4O.C27H29FN4O.C26H23FN6O.C26H25FN4O2/c1-2-14-33-18-23(17-31-33)21-11-12-22(26(30)16-21)19-34-27-10-6-5-9-25(27)29(28(34)35)13-15-32(20-29)24-7-3-4-8-24;1-30-17-20(15-29-30)22-11-10-19(14-24(22)28)16-32-25-9-5-4-8-23(25)27(26(32)33)12-13-31(18-27)21-6-2-3-7-21;1-31-15-20(14-30-31)18-7-8-19(22(27)13-18)16-33-23-6-3-2-5-21(23)26(24(33)34)9-12-32(17-26)25-28-10-4-11-29-25;1-29-14-20(13-28-29)18-8-9-19(22(27)12-18)15-31-23-5-3-2-4-21(23)26(25(31)33)10-11-30(16-26)24(32)17-6-7-17/h5-6,9-12,16-18,24H,2-4,7-8,13-15,19-20H2,1H3;4-5,8-11,14-15,17,21H,2-3,6-7,12-13,16,18H2,1H3;2-8,10-11,13-15H,9,12,16-17H2,1H3;2-5,8-9,12-14,17H,6-7,10-11,15-16H2,1H3. The molecule has 23 nitrogen and oxygen atoms in total. The molecule has 4 saturated heterocycles. The highest BCUT2D eigenvalue weighted by Gasteiger charge is 2.60. The molecule has 13 aromatic rings. The molecule has 0 N–H and O–H groups in total. The van der Waals surface area contributed by atoms with E-state index in [1.54, 1.807) is 104 Å². The van der Waals surface area contributed by atoms with Crippen molar-refractivity contribution in [2.24, 2.45) is 27.1 Å². The zero-order valence-corrected chi connectivity index (χ0v) is 76.7. The van der Waals surface area contributed by atoms with Gasteiger partial charge in [-0.15, -0.1) is 0 Å². The van der Waals surface area contributed by atoms with Crippen molar-refractivity contribution in [2.45, 2.75) is 170 Å². The molecule has 27 heteroatoms. The van der Waals surface area contributed by atoms with Gasteiger partial charge in [0.1, 0.15) is 23.3 Å². The molecular formula is C108H110F4N18O5. The molecule has 8 aromatic carbocycles. The van der Waals surface area contributed by atoms with Gasteiger partial charge in [0.15, 0.2) is 0 Å². The van der Waals surface area contributed by atoms with E-state index >= 15 is 13.2 Å². The zero-order valence-electron chi connectivity index (χ0n) is 76.7. The molecular weight excluding hydrogens is 1710 g/mol. The number of para-hydroxylation sites is 4. The number of nitrogens with zero attached hydrogens (tertiary/aromatic N) is 18. The molecule has 4 unspecified atom stereocenters. The van der Waals surface area contributed by atoms with Crippen molar-refractivity contribution in [3.05, 3.63) is 306 Å². The Morgan fingerprint density at radius 1 is 0.385 bits per heavy atom. The van der Waals surface area contributed by atoms with E-state index in [2.05, 4.69) is 64.1 Å². The van der Waals surface area contributed by atoms with Crippen LogP contribution in [0.5, 0.6) is 0 Å². The summed E-state index contributed by atoms with van der Waals surface area (Å²) in [5.41, 5.74) is 13.9. The van der Waals surface area contributed by atoms with Gasteiger partial charge in [0.25, 0.3) is 0 Å². The fourth-order valence-corrected chi connectivity index (χ4v) is 23.2. The molecule has 690 valence electrons. The van der Waals surface area contributed by atoms with E-state index in [-0.39, 0.29) is 78.4 Å². The number of carbonyl (C=O) groups excluding carboxylic acids is 5. The number of fused-ring (bicyclic) bond motifs is 8. The first-order valence-corrected chi connectivity index (χ1v) is 47.7. The molecule has 11 aliphatic rings. The summed E-state index contributed by atoms with van der Waals surface area (Å²) < 4.78 is 67.5. The summed E-state index contributed by atoms with van der Waals surface area (Å²) in [4.78, 5) is 93.1.